The number of phenols is 1. The molecule has 0 saturated carbocycles. The largest absolute Gasteiger partial charge is 0.507 e. The molecule has 1 rings (SSSR count). The summed E-state index contributed by atoms with van der Waals surface area (Å²) >= 11 is 3.42. The lowest BCUT2D eigenvalue weighted by atomic mass is 9.94. The van der Waals surface area contributed by atoms with Gasteiger partial charge in [-0.3, -0.25) is 0 Å². The highest BCUT2D eigenvalue weighted by molar-refractivity contribution is 9.10. The Morgan fingerprint density at radius 1 is 1.33 bits per heavy atom. The Morgan fingerprint density at radius 3 is 2.62 bits per heavy atom. The van der Waals surface area contributed by atoms with Crippen molar-refractivity contribution in [1.29, 1.82) is 0 Å². The molecule has 1 atom stereocenters. The standard InChI is InChI=1S/C20H27BrO3/c1-4-5-15(12-16-13-17(21)7-9-19(16)23)6-8-20(24)18(10-11-22)14(2)3/h7,9-10,12-13,20,22-24H,2,4-6,8,11H2,1,3H3/b15-12+,18-10-. The van der Waals surface area contributed by atoms with Crippen LogP contribution in [-0.4, -0.2) is 28.0 Å². The van der Waals surface area contributed by atoms with Gasteiger partial charge in [0.2, 0.25) is 0 Å². The molecule has 3 nitrogen and oxygen atoms in total. The Labute approximate surface area is 153 Å². The number of hydrogen-bond donors (Lipinski definition) is 3. The van der Waals surface area contributed by atoms with Gasteiger partial charge in [0.1, 0.15) is 5.75 Å². The predicted molar refractivity (Wildman–Crippen MR) is 104 cm³/mol. The molecule has 0 heterocycles. The number of hydrogen-bond acceptors (Lipinski definition) is 3. The molecular weight excluding hydrogens is 368 g/mol. The molecular formula is C20H27BrO3. The number of aromatic hydroxyl groups is 1. The zero-order valence-electron chi connectivity index (χ0n) is 14.4. The third-order valence-electron chi connectivity index (χ3n) is 3.82. The van der Waals surface area contributed by atoms with Crippen molar-refractivity contribution in [3.63, 3.8) is 0 Å². The highest BCUT2D eigenvalue weighted by Gasteiger charge is 2.12. The van der Waals surface area contributed by atoms with Crippen LogP contribution < -0.4 is 0 Å². The van der Waals surface area contributed by atoms with E-state index in [1.165, 1.54) is 5.57 Å². The van der Waals surface area contributed by atoms with Crippen molar-refractivity contribution in [1.82, 2.24) is 0 Å². The monoisotopic (exact) mass is 394 g/mol. The summed E-state index contributed by atoms with van der Waals surface area (Å²) in [5.74, 6) is 0.246. The Balaban J connectivity index is 2.90. The molecule has 0 saturated heterocycles. The lowest BCUT2D eigenvalue weighted by molar-refractivity contribution is 0.201. The number of phenolic OH excluding ortho intramolecular Hbond substituents is 1. The molecule has 1 unspecified atom stereocenters. The average Bonchev–Trinajstić information content (AvgIpc) is 2.53. The molecule has 0 bridgehead atoms. The normalized spacial score (nSPS) is 13.9. The second kappa shape index (κ2) is 10.5. The van der Waals surface area contributed by atoms with Crippen LogP contribution in [0.3, 0.4) is 0 Å². The van der Waals surface area contributed by atoms with E-state index in [0.29, 0.717) is 12.0 Å². The molecule has 3 N–H and O–H groups in total. The van der Waals surface area contributed by atoms with Crippen molar-refractivity contribution >= 4 is 22.0 Å². The van der Waals surface area contributed by atoms with Gasteiger partial charge in [-0.15, -0.1) is 0 Å². The molecule has 0 aromatic heterocycles. The second-order valence-corrected chi connectivity index (χ2v) is 6.85. The van der Waals surface area contributed by atoms with Crippen LogP contribution in [0.15, 0.2) is 52.0 Å². The topological polar surface area (TPSA) is 60.7 Å². The minimum Gasteiger partial charge on any atom is -0.507 e. The van der Waals surface area contributed by atoms with Gasteiger partial charge in [0.05, 0.1) is 12.7 Å². The lowest BCUT2D eigenvalue weighted by Gasteiger charge is -2.16. The van der Waals surface area contributed by atoms with E-state index in [1.807, 2.05) is 19.1 Å². The van der Waals surface area contributed by atoms with Crippen molar-refractivity contribution in [2.45, 2.75) is 45.6 Å². The minimum atomic E-state index is -0.647. The number of halogens is 1. The number of aliphatic hydroxyl groups is 2. The van der Waals surface area contributed by atoms with Gasteiger partial charge in [-0.2, -0.15) is 0 Å². The number of rotatable bonds is 9. The number of allylic oxidation sites excluding steroid dienone is 1. The molecule has 0 amide bonds. The minimum absolute atomic E-state index is 0.108. The fourth-order valence-electron chi connectivity index (χ4n) is 2.62. The third kappa shape index (κ3) is 6.63. The predicted octanol–water partition coefficient (Wildman–Crippen LogP) is 4.97. The van der Waals surface area contributed by atoms with Crippen LogP contribution in [0.5, 0.6) is 5.75 Å². The summed E-state index contributed by atoms with van der Waals surface area (Å²) in [6, 6.07) is 5.35. The van der Waals surface area contributed by atoms with Gasteiger partial charge in [-0.1, -0.05) is 59.2 Å². The maximum absolute atomic E-state index is 10.4. The van der Waals surface area contributed by atoms with Crippen LogP contribution >= 0.6 is 15.9 Å². The van der Waals surface area contributed by atoms with E-state index in [-0.39, 0.29) is 12.4 Å². The van der Waals surface area contributed by atoms with Crippen LogP contribution in [0, 0.1) is 0 Å². The molecule has 1 aromatic rings. The fraction of sp³-hybridized carbons (Fsp3) is 0.400. The van der Waals surface area contributed by atoms with Gasteiger partial charge in [-0.05, 0) is 50.0 Å². The summed E-state index contributed by atoms with van der Waals surface area (Å²) in [6.45, 7) is 7.68. The van der Waals surface area contributed by atoms with Crippen molar-refractivity contribution < 1.29 is 15.3 Å². The highest BCUT2D eigenvalue weighted by atomic mass is 79.9. The molecule has 4 heteroatoms. The van der Waals surface area contributed by atoms with Crippen molar-refractivity contribution in [3.8, 4) is 5.75 Å². The van der Waals surface area contributed by atoms with Crippen molar-refractivity contribution in [2.24, 2.45) is 0 Å². The summed E-state index contributed by atoms with van der Waals surface area (Å²) in [7, 11) is 0. The summed E-state index contributed by atoms with van der Waals surface area (Å²) in [5, 5.41) is 29.4. The van der Waals surface area contributed by atoms with Crippen LogP contribution in [0.4, 0.5) is 0 Å². The second-order valence-electron chi connectivity index (χ2n) is 5.93. The molecule has 0 spiro atoms. The maximum Gasteiger partial charge on any atom is 0.122 e. The van der Waals surface area contributed by atoms with Gasteiger partial charge in [-0.25, -0.2) is 0 Å². The van der Waals surface area contributed by atoms with E-state index in [1.54, 1.807) is 18.2 Å². The van der Waals surface area contributed by atoms with Gasteiger partial charge < -0.3 is 15.3 Å². The quantitative estimate of drug-likeness (QED) is 0.517. The van der Waals surface area contributed by atoms with E-state index in [4.69, 9.17) is 5.11 Å². The van der Waals surface area contributed by atoms with Crippen molar-refractivity contribution in [2.75, 3.05) is 6.61 Å². The van der Waals surface area contributed by atoms with Crippen LogP contribution in [0.2, 0.25) is 0 Å². The zero-order valence-corrected chi connectivity index (χ0v) is 16.0. The Hall–Kier alpha value is -1.36. The van der Waals surface area contributed by atoms with E-state index in [2.05, 4.69) is 29.4 Å². The van der Waals surface area contributed by atoms with E-state index in [0.717, 1.165) is 34.9 Å². The van der Waals surface area contributed by atoms with Gasteiger partial charge in [0.25, 0.3) is 0 Å². The first kappa shape index (κ1) is 20.7. The van der Waals surface area contributed by atoms with E-state index >= 15 is 0 Å². The summed E-state index contributed by atoms with van der Waals surface area (Å²) in [6.07, 6.45) is 6.13. The molecule has 0 radical (unpaired) electrons. The van der Waals surface area contributed by atoms with Gasteiger partial charge in [0, 0.05) is 10.0 Å². The first-order valence-corrected chi connectivity index (χ1v) is 9.01. The Kier molecular flexibility index (Phi) is 9.04. The average molecular weight is 395 g/mol. The number of benzene rings is 1. The summed E-state index contributed by atoms with van der Waals surface area (Å²) < 4.78 is 0.915. The van der Waals surface area contributed by atoms with E-state index in [9.17, 15) is 10.2 Å². The molecule has 132 valence electrons. The zero-order chi connectivity index (χ0) is 18.1. The van der Waals surface area contributed by atoms with Crippen LogP contribution in [0.25, 0.3) is 6.08 Å². The smallest absolute Gasteiger partial charge is 0.122 e. The summed E-state index contributed by atoms with van der Waals surface area (Å²) in [5.41, 5.74) is 3.41. The van der Waals surface area contributed by atoms with Crippen molar-refractivity contribution in [3.05, 3.63) is 57.6 Å². The molecule has 0 aliphatic heterocycles. The summed E-state index contributed by atoms with van der Waals surface area (Å²) in [4.78, 5) is 0. The highest BCUT2D eigenvalue weighted by Crippen LogP contribution is 2.27. The first-order chi connectivity index (χ1) is 11.4. The molecule has 1 aromatic carbocycles. The Bertz CT molecular complexity index is 617. The lowest BCUT2D eigenvalue weighted by Crippen LogP contribution is -2.12. The molecule has 0 aliphatic carbocycles. The Morgan fingerprint density at radius 2 is 2.04 bits per heavy atom. The maximum atomic E-state index is 10.4. The molecule has 0 fully saturated rings. The number of aliphatic hydroxyl groups excluding tert-OH is 2. The van der Waals surface area contributed by atoms with Gasteiger partial charge >= 0.3 is 0 Å². The first-order valence-electron chi connectivity index (χ1n) is 8.21. The van der Waals surface area contributed by atoms with E-state index < -0.39 is 6.10 Å². The van der Waals surface area contributed by atoms with Gasteiger partial charge in [0.15, 0.2) is 0 Å². The fourth-order valence-corrected chi connectivity index (χ4v) is 3.00. The van der Waals surface area contributed by atoms with Crippen LogP contribution in [0.1, 0.15) is 45.1 Å². The third-order valence-corrected chi connectivity index (χ3v) is 4.32. The SMILES string of the molecule is C=C(C)/C(=C/CO)C(O)CC/C(=C/c1cc(Br)ccc1O)CCC. The molecule has 0 aliphatic rings. The molecule has 24 heavy (non-hydrogen) atoms. The van der Waals surface area contributed by atoms with Crippen LogP contribution in [-0.2, 0) is 0 Å².